The number of carbonyl (C=O) groups excluding carboxylic acids is 2. The molecule has 7 nitrogen and oxygen atoms in total. The Morgan fingerprint density at radius 3 is 2.31 bits per heavy atom. The lowest BCUT2D eigenvalue weighted by Crippen LogP contribution is -2.37. The van der Waals surface area contributed by atoms with Crippen molar-refractivity contribution in [3.8, 4) is 0 Å². The molecule has 0 bridgehead atoms. The minimum Gasteiger partial charge on any atom is -0.374 e. The normalized spacial score (nSPS) is 16.8. The van der Waals surface area contributed by atoms with Crippen LogP contribution >= 0.6 is 12.2 Å². The van der Waals surface area contributed by atoms with Crippen molar-refractivity contribution in [2.24, 2.45) is 21.1 Å². The van der Waals surface area contributed by atoms with Crippen LogP contribution in [0.15, 0.2) is 69.9 Å². The van der Waals surface area contributed by atoms with Gasteiger partial charge < -0.3 is 5.73 Å². The van der Waals surface area contributed by atoms with Crippen LogP contribution in [0.5, 0.6) is 0 Å². The lowest BCUT2D eigenvalue weighted by molar-refractivity contribution is -0.126. The number of amides is 1. The molecular weight excluding hydrogens is 350 g/mol. The van der Waals surface area contributed by atoms with Crippen LogP contribution in [-0.4, -0.2) is 33.6 Å². The topological polar surface area (TPSA) is 100 Å². The van der Waals surface area contributed by atoms with Crippen molar-refractivity contribution in [3.05, 3.63) is 65.7 Å². The first-order valence-electron chi connectivity index (χ1n) is 7.76. The van der Waals surface area contributed by atoms with E-state index in [4.69, 9.17) is 18.0 Å². The second kappa shape index (κ2) is 7.32. The molecule has 1 aliphatic rings. The fraction of sp³-hybridized carbons (Fsp3) is 0.111. The lowest BCUT2D eigenvalue weighted by atomic mass is 10.0. The molecule has 0 radical (unpaired) electrons. The van der Waals surface area contributed by atoms with Gasteiger partial charge in [-0.25, -0.2) is 0 Å². The molecule has 0 spiro atoms. The van der Waals surface area contributed by atoms with Crippen molar-refractivity contribution in [3.63, 3.8) is 0 Å². The van der Waals surface area contributed by atoms with E-state index in [0.717, 1.165) is 5.01 Å². The molecule has 0 aliphatic carbocycles. The summed E-state index contributed by atoms with van der Waals surface area (Å²) in [5.74, 6) is -0.509. The molecule has 0 fully saturated rings. The van der Waals surface area contributed by atoms with Crippen LogP contribution in [0.4, 0.5) is 5.69 Å². The third kappa shape index (κ3) is 3.55. The molecule has 2 aromatic carbocycles. The number of ketones is 1. The Hall–Kier alpha value is -3.26. The van der Waals surface area contributed by atoms with E-state index in [0.29, 0.717) is 22.5 Å². The van der Waals surface area contributed by atoms with Crippen LogP contribution in [0.3, 0.4) is 0 Å². The Morgan fingerprint density at radius 1 is 1.12 bits per heavy atom. The van der Waals surface area contributed by atoms with Crippen LogP contribution in [0, 0.1) is 0 Å². The number of nitrogens with two attached hydrogens (primary N) is 1. The minimum atomic E-state index is -0.845. The van der Waals surface area contributed by atoms with Gasteiger partial charge in [-0.3, -0.25) is 9.59 Å². The average molecular weight is 365 g/mol. The van der Waals surface area contributed by atoms with E-state index in [9.17, 15) is 9.59 Å². The summed E-state index contributed by atoms with van der Waals surface area (Å²) in [6.07, 6.45) is 0. The molecule has 2 N–H and O–H groups in total. The maximum Gasteiger partial charge on any atom is 0.282 e. The summed E-state index contributed by atoms with van der Waals surface area (Å²) in [5.41, 5.74) is 7.58. The van der Waals surface area contributed by atoms with E-state index >= 15 is 0 Å². The summed E-state index contributed by atoms with van der Waals surface area (Å²) in [4.78, 5) is 24.5. The number of hydrogen-bond donors (Lipinski definition) is 1. The highest BCUT2D eigenvalue weighted by atomic mass is 32.1. The smallest absolute Gasteiger partial charge is 0.282 e. The molecule has 0 saturated heterocycles. The van der Waals surface area contributed by atoms with Crippen molar-refractivity contribution in [1.82, 2.24) is 5.01 Å². The number of carbonyl (C=O) groups is 2. The molecule has 130 valence electrons. The maximum atomic E-state index is 12.4. The predicted molar refractivity (Wildman–Crippen MR) is 101 cm³/mol. The van der Waals surface area contributed by atoms with E-state index in [2.05, 4.69) is 15.3 Å². The number of benzene rings is 2. The molecule has 1 aliphatic heterocycles. The van der Waals surface area contributed by atoms with Crippen molar-refractivity contribution >= 4 is 40.4 Å². The van der Waals surface area contributed by atoms with Crippen molar-refractivity contribution in [2.45, 2.75) is 13.0 Å². The van der Waals surface area contributed by atoms with E-state index in [-0.39, 0.29) is 10.9 Å². The van der Waals surface area contributed by atoms with E-state index in [1.165, 1.54) is 0 Å². The van der Waals surface area contributed by atoms with Crippen molar-refractivity contribution < 1.29 is 9.59 Å². The van der Waals surface area contributed by atoms with Gasteiger partial charge >= 0.3 is 0 Å². The highest BCUT2D eigenvalue weighted by molar-refractivity contribution is 7.80. The van der Waals surface area contributed by atoms with Gasteiger partial charge in [-0.1, -0.05) is 30.3 Å². The van der Waals surface area contributed by atoms with Crippen LogP contribution in [0.1, 0.15) is 22.8 Å². The zero-order valence-corrected chi connectivity index (χ0v) is 14.7. The van der Waals surface area contributed by atoms with Gasteiger partial charge in [-0.2, -0.15) is 20.3 Å². The summed E-state index contributed by atoms with van der Waals surface area (Å²) >= 11 is 4.77. The van der Waals surface area contributed by atoms with Gasteiger partial charge in [0.15, 0.2) is 16.9 Å². The van der Waals surface area contributed by atoms with Crippen LogP contribution < -0.4 is 5.73 Å². The maximum absolute atomic E-state index is 12.4. The lowest BCUT2D eigenvalue weighted by Gasteiger charge is -2.08. The molecule has 3 rings (SSSR count). The number of azo groups is 1. The van der Waals surface area contributed by atoms with Crippen LogP contribution in [-0.2, 0) is 4.79 Å². The van der Waals surface area contributed by atoms with Gasteiger partial charge in [0.2, 0.25) is 0 Å². The minimum absolute atomic E-state index is 0.0739. The van der Waals surface area contributed by atoms with E-state index < -0.39 is 11.9 Å². The fourth-order valence-electron chi connectivity index (χ4n) is 2.41. The zero-order chi connectivity index (χ0) is 18.7. The van der Waals surface area contributed by atoms with Crippen molar-refractivity contribution in [1.29, 1.82) is 0 Å². The summed E-state index contributed by atoms with van der Waals surface area (Å²) in [6.45, 7) is 1.65. The number of nitrogens with zero attached hydrogens (tertiary/aromatic N) is 4. The Labute approximate surface area is 155 Å². The predicted octanol–water partition coefficient (Wildman–Crippen LogP) is 2.83. The second-order valence-corrected chi connectivity index (χ2v) is 6.01. The zero-order valence-electron chi connectivity index (χ0n) is 13.9. The Balaban J connectivity index is 1.73. The monoisotopic (exact) mass is 365 g/mol. The molecule has 2 aromatic rings. The van der Waals surface area contributed by atoms with Crippen LogP contribution in [0.2, 0.25) is 0 Å². The first kappa shape index (κ1) is 17.6. The Morgan fingerprint density at radius 2 is 1.73 bits per heavy atom. The quantitative estimate of drug-likeness (QED) is 0.511. The SMILES string of the molecule is CC1=NN(C(N)=S)C(=O)C1N=Nc1ccc(C(=O)c2ccccc2)cc1. The number of hydrogen-bond acceptors (Lipinski definition) is 6. The molecule has 1 heterocycles. The van der Waals surface area contributed by atoms with Crippen LogP contribution in [0.25, 0.3) is 0 Å². The first-order chi connectivity index (χ1) is 12.5. The summed E-state index contributed by atoms with van der Waals surface area (Å²) < 4.78 is 0. The Bertz CT molecular complexity index is 922. The number of thiocarbonyl (C=S) groups is 1. The highest BCUT2D eigenvalue weighted by Crippen LogP contribution is 2.19. The van der Waals surface area contributed by atoms with Crippen molar-refractivity contribution in [2.75, 3.05) is 0 Å². The average Bonchev–Trinajstić information content (AvgIpc) is 2.95. The number of rotatable bonds is 4. The molecular formula is C18H15N5O2S. The Kier molecular flexibility index (Phi) is 4.94. The van der Waals surface area contributed by atoms with Gasteiger partial charge in [0, 0.05) is 11.1 Å². The fourth-order valence-corrected chi connectivity index (χ4v) is 2.54. The van der Waals surface area contributed by atoms with Gasteiger partial charge in [0.25, 0.3) is 5.91 Å². The molecule has 26 heavy (non-hydrogen) atoms. The van der Waals surface area contributed by atoms with E-state index in [1.807, 2.05) is 18.2 Å². The van der Waals surface area contributed by atoms with Gasteiger partial charge in [0.05, 0.1) is 11.4 Å². The van der Waals surface area contributed by atoms with Gasteiger partial charge in [-0.05, 0) is 43.4 Å². The molecule has 0 saturated carbocycles. The second-order valence-electron chi connectivity index (χ2n) is 5.59. The summed E-state index contributed by atoms with van der Waals surface area (Å²) in [5, 5.41) is 12.9. The molecule has 1 unspecified atom stereocenters. The third-order valence-electron chi connectivity index (χ3n) is 3.76. The largest absolute Gasteiger partial charge is 0.374 e. The summed E-state index contributed by atoms with van der Waals surface area (Å²) in [7, 11) is 0. The number of hydrazone groups is 1. The third-order valence-corrected chi connectivity index (χ3v) is 3.93. The molecule has 1 amide bonds. The standard InChI is InChI=1S/C18H15N5O2S/c1-11-15(17(25)23(22-11)18(19)26)21-20-14-9-7-13(8-10-14)16(24)12-5-3-2-4-6-12/h2-10,15H,1H3,(H2,19,26). The highest BCUT2D eigenvalue weighted by Gasteiger charge is 2.35. The first-order valence-corrected chi connectivity index (χ1v) is 8.17. The van der Waals surface area contributed by atoms with E-state index in [1.54, 1.807) is 43.3 Å². The van der Waals surface area contributed by atoms with Gasteiger partial charge in [-0.15, -0.1) is 0 Å². The molecule has 1 atom stereocenters. The molecule has 0 aromatic heterocycles. The summed E-state index contributed by atoms with van der Waals surface area (Å²) in [6, 6.07) is 14.8. The molecule has 8 heteroatoms. The van der Waals surface area contributed by atoms with Gasteiger partial charge in [0.1, 0.15) is 0 Å².